The van der Waals surface area contributed by atoms with Crippen LogP contribution in [0, 0.1) is 0 Å². The van der Waals surface area contributed by atoms with Crippen LogP contribution in [0.2, 0.25) is 0 Å². The van der Waals surface area contributed by atoms with Crippen molar-refractivity contribution in [3.05, 3.63) is 23.8 Å². The Labute approximate surface area is 58.7 Å². The Balaban J connectivity index is 4.04. The molecule has 10 heavy (non-hydrogen) atoms. The highest BCUT2D eigenvalue weighted by molar-refractivity contribution is 5.86. The topological polar surface area (TPSA) is 54.4 Å². The minimum Gasteiger partial charge on any atom is -0.478 e. The van der Waals surface area contributed by atoms with Crippen LogP contribution in [0.15, 0.2) is 23.8 Å². The summed E-state index contributed by atoms with van der Waals surface area (Å²) in [5.74, 6) is -0.990. The molecule has 0 fully saturated rings. The number of hydrogen-bond donors (Lipinski definition) is 1. The van der Waals surface area contributed by atoms with Gasteiger partial charge in [0.05, 0.1) is 0 Å². The van der Waals surface area contributed by atoms with Crippen LogP contribution in [0.4, 0.5) is 0 Å². The highest BCUT2D eigenvalue weighted by Gasteiger charge is 1.94. The van der Waals surface area contributed by atoms with Crippen LogP contribution in [0.25, 0.3) is 0 Å². The second-order valence-electron chi connectivity index (χ2n) is 1.63. The van der Waals surface area contributed by atoms with E-state index in [1.165, 1.54) is 25.4 Å². The maximum atomic E-state index is 10.1. The van der Waals surface area contributed by atoms with E-state index in [1.807, 2.05) is 0 Å². The lowest BCUT2D eigenvalue weighted by Gasteiger charge is -1.85. The van der Waals surface area contributed by atoms with E-state index in [0.717, 1.165) is 6.08 Å². The molecule has 1 N–H and O–H groups in total. The average Bonchev–Trinajstić information content (AvgIpc) is 1.88. The molecule has 0 atom stereocenters. The van der Waals surface area contributed by atoms with Gasteiger partial charge in [-0.3, -0.25) is 4.79 Å². The molecule has 0 saturated heterocycles. The number of carboxylic acids is 1. The molecule has 0 bridgehead atoms. The molecule has 0 aliphatic carbocycles. The molecule has 0 unspecified atom stereocenters. The maximum absolute atomic E-state index is 10.1. The second-order valence-corrected chi connectivity index (χ2v) is 1.63. The van der Waals surface area contributed by atoms with Gasteiger partial charge in [-0.25, -0.2) is 4.79 Å². The normalized spacial score (nSPS) is 11.9. The quantitative estimate of drug-likeness (QED) is 0.462. The molecule has 1 radical (unpaired) electrons. The fraction of sp³-hybridized carbons (Fsp3) is 0.143. The number of carbonyl (C=O) groups excluding carboxylic acids is 1. The fourth-order valence-electron chi connectivity index (χ4n) is 0.303. The number of rotatable bonds is 3. The summed E-state index contributed by atoms with van der Waals surface area (Å²) in [6.45, 7) is 1.44. The summed E-state index contributed by atoms with van der Waals surface area (Å²) in [5, 5.41) is 8.28. The van der Waals surface area contributed by atoms with E-state index in [1.54, 1.807) is 0 Å². The molecule has 0 spiro atoms. The molecule has 0 aliphatic heterocycles. The Hall–Kier alpha value is -1.38. The van der Waals surface area contributed by atoms with Crippen LogP contribution < -0.4 is 0 Å². The van der Waals surface area contributed by atoms with Gasteiger partial charge in [-0.15, -0.1) is 0 Å². The van der Waals surface area contributed by atoms with Crippen LogP contribution in [0.3, 0.4) is 0 Å². The Kier molecular flexibility index (Phi) is 3.87. The Morgan fingerprint density at radius 2 is 2.20 bits per heavy atom. The van der Waals surface area contributed by atoms with Crippen molar-refractivity contribution in [2.45, 2.75) is 6.92 Å². The van der Waals surface area contributed by atoms with Crippen molar-refractivity contribution in [1.82, 2.24) is 0 Å². The van der Waals surface area contributed by atoms with Gasteiger partial charge in [0, 0.05) is 5.57 Å². The summed E-state index contributed by atoms with van der Waals surface area (Å²) >= 11 is 0. The molecular formula is C7H7O3. The molecule has 0 rings (SSSR count). The fourth-order valence-corrected chi connectivity index (χ4v) is 0.303. The Morgan fingerprint density at radius 3 is 2.60 bits per heavy atom. The van der Waals surface area contributed by atoms with Crippen molar-refractivity contribution in [3.63, 3.8) is 0 Å². The maximum Gasteiger partial charge on any atom is 0.331 e. The van der Waals surface area contributed by atoms with Gasteiger partial charge in [0.25, 0.3) is 0 Å². The van der Waals surface area contributed by atoms with E-state index in [0.29, 0.717) is 0 Å². The van der Waals surface area contributed by atoms with E-state index in [-0.39, 0.29) is 5.57 Å². The zero-order valence-corrected chi connectivity index (χ0v) is 5.50. The van der Waals surface area contributed by atoms with Crippen molar-refractivity contribution in [2.24, 2.45) is 0 Å². The first-order valence-corrected chi connectivity index (χ1v) is 2.63. The molecule has 0 saturated carbocycles. The molecule has 0 aliphatic rings. The minimum atomic E-state index is -0.990. The summed E-state index contributed by atoms with van der Waals surface area (Å²) in [6.07, 6.45) is 5.25. The van der Waals surface area contributed by atoms with Crippen LogP contribution in [0.5, 0.6) is 0 Å². The summed E-state index contributed by atoms with van der Waals surface area (Å²) < 4.78 is 0. The van der Waals surface area contributed by atoms with Gasteiger partial charge in [0.1, 0.15) is 0 Å². The van der Waals surface area contributed by atoms with Crippen LogP contribution in [0.1, 0.15) is 6.92 Å². The lowest BCUT2D eigenvalue weighted by Crippen LogP contribution is -1.94. The molecule has 0 amide bonds. The van der Waals surface area contributed by atoms with Crippen molar-refractivity contribution < 1.29 is 14.7 Å². The first kappa shape index (κ1) is 8.62. The van der Waals surface area contributed by atoms with Gasteiger partial charge in [0.2, 0.25) is 6.29 Å². The van der Waals surface area contributed by atoms with Crippen LogP contribution >= 0.6 is 0 Å². The molecule has 3 heteroatoms. The molecule has 0 aromatic heterocycles. The van der Waals surface area contributed by atoms with Gasteiger partial charge in [-0.05, 0) is 13.0 Å². The van der Waals surface area contributed by atoms with Crippen molar-refractivity contribution in [2.75, 3.05) is 0 Å². The molecule has 0 heterocycles. The van der Waals surface area contributed by atoms with Gasteiger partial charge in [-0.1, -0.05) is 12.2 Å². The molecule has 3 nitrogen and oxygen atoms in total. The summed E-state index contributed by atoms with van der Waals surface area (Å²) in [7, 11) is 0. The third kappa shape index (κ3) is 3.60. The number of aliphatic carboxylic acids is 1. The number of allylic oxidation sites excluding steroid dienone is 3. The predicted molar refractivity (Wildman–Crippen MR) is 36.2 cm³/mol. The predicted octanol–water partition coefficient (Wildman–Crippen LogP) is 0.683. The number of carboxylic acid groups (broad SMARTS) is 1. The minimum absolute atomic E-state index is 0.187. The largest absolute Gasteiger partial charge is 0.478 e. The lowest BCUT2D eigenvalue weighted by atomic mass is 10.3. The summed E-state index contributed by atoms with van der Waals surface area (Å²) in [4.78, 5) is 19.7. The summed E-state index contributed by atoms with van der Waals surface area (Å²) in [6, 6.07) is 0. The lowest BCUT2D eigenvalue weighted by molar-refractivity contribution is -0.132. The standard InChI is InChI=1S/C7H7O3/c1-6(7(9)10)4-2-3-5-8/h2-4H,1H3,(H,9,10). The highest BCUT2D eigenvalue weighted by atomic mass is 16.4. The molecule has 53 valence electrons. The average molecular weight is 139 g/mol. The van der Waals surface area contributed by atoms with E-state index in [4.69, 9.17) is 5.11 Å². The van der Waals surface area contributed by atoms with E-state index >= 15 is 0 Å². The smallest absolute Gasteiger partial charge is 0.331 e. The van der Waals surface area contributed by atoms with Gasteiger partial charge in [-0.2, -0.15) is 0 Å². The van der Waals surface area contributed by atoms with Crippen LogP contribution in [-0.2, 0) is 9.59 Å². The molecule has 0 aromatic carbocycles. The van der Waals surface area contributed by atoms with Gasteiger partial charge >= 0.3 is 5.97 Å². The Bertz CT molecular complexity index is 189. The monoisotopic (exact) mass is 139 g/mol. The second kappa shape index (κ2) is 4.49. The number of hydrogen-bond acceptors (Lipinski definition) is 2. The number of carbonyl (C=O) groups is 1. The van der Waals surface area contributed by atoms with Gasteiger partial charge in [0.15, 0.2) is 0 Å². The Morgan fingerprint density at radius 1 is 1.60 bits per heavy atom. The first-order valence-electron chi connectivity index (χ1n) is 2.63. The highest BCUT2D eigenvalue weighted by Crippen LogP contribution is 1.91. The van der Waals surface area contributed by atoms with E-state index in [2.05, 4.69) is 0 Å². The SMILES string of the molecule is CC(=CC=C[C]=O)C(=O)O. The zero-order chi connectivity index (χ0) is 7.98. The third-order valence-electron chi connectivity index (χ3n) is 0.848. The van der Waals surface area contributed by atoms with Crippen LogP contribution in [-0.4, -0.2) is 17.4 Å². The first-order chi connectivity index (χ1) is 4.68. The third-order valence-corrected chi connectivity index (χ3v) is 0.848. The van der Waals surface area contributed by atoms with E-state index in [9.17, 15) is 9.59 Å². The van der Waals surface area contributed by atoms with Gasteiger partial charge < -0.3 is 5.11 Å². The molecular weight excluding hydrogens is 132 g/mol. The van der Waals surface area contributed by atoms with Crippen molar-refractivity contribution in [3.8, 4) is 0 Å². The van der Waals surface area contributed by atoms with E-state index < -0.39 is 5.97 Å². The molecule has 0 aromatic rings. The van der Waals surface area contributed by atoms with Crippen molar-refractivity contribution >= 4 is 12.3 Å². The summed E-state index contributed by atoms with van der Waals surface area (Å²) in [5.41, 5.74) is 0.187. The zero-order valence-electron chi connectivity index (χ0n) is 5.50. The van der Waals surface area contributed by atoms with Crippen molar-refractivity contribution in [1.29, 1.82) is 0 Å².